The summed E-state index contributed by atoms with van der Waals surface area (Å²) in [7, 11) is 1.96. The van der Waals surface area contributed by atoms with Crippen molar-refractivity contribution in [3.63, 3.8) is 0 Å². The zero-order valence-corrected chi connectivity index (χ0v) is 14.3. The fourth-order valence-electron chi connectivity index (χ4n) is 3.34. The fraction of sp³-hybridized carbons (Fsp3) is 0.588. The van der Waals surface area contributed by atoms with Crippen LogP contribution in [0.5, 0.6) is 0 Å². The van der Waals surface area contributed by atoms with Gasteiger partial charge in [0.2, 0.25) is 0 Å². The summed E-state index contributed by atoms with van der Waals surface area (Å²) < 4.78 is 1.88. The highest BCUT2D eigenvalue weighted by atomic mass is 16.2. The molecule has 1 N–H and O–H groups in total. The van der Waals surface area contributed by atoms with Gasteiger partial charge in [-0.25, -0.2) is 9.67 Å². The third-order valence-corrected chi connectivity index (χ3v) is 4.48. The van der Waals surface area contributed by atoms with Crippen molar-refractivity contribution in [3.8, 4) is 0 Å². The van der Waals surface area contributed by atoms with Crippen LogP contribution in [-0.4, -0.2) is 52.3 Å². The Labute approximate surface area is 136 Å². The Morgan fingerprint density at radius 2 is 2.26 bits per heavy atom. The van der Waals surface area contributed by atoms with Crippen molar-refractivity contribution in [1.82, 2.24) is 25.0 Å². The molecule has 1 aliphatic heterocycles. The van der Waals surface area contributed by atoms with Gasteiger partial charge >= 0.3 is 0 Å². The summed E-state index contributed by atoms with van der Waals surface area (Å²) >= 11 is 0. The Balaban J connectivity index is 1.95. The van der Waals surface area contributed by atoms with Crippen LogP contribution < -0.4 is 5.32 Å². The molecular weight excluding hydrogens is 290 g/mol. The average molecular weight is 315 g/mol. The molecule has 6 heteroatoms. The molecule has 1 aliphatic rings. The molecule has 2 aromatic rings. The lowest BCUT2D eigenvalue weighted by Crippen LogP contribution is -2.30. The van der Waals surface area contributed by atoms with Crippen molar-refractivity contribution in [2.75, 3.05) is 26.7 Å². The average Bonchev–Trinajstić information content (AvgIpc) is 3.12. The second-order valence-corrected chi connectivity index (χ2v) is 6.69. The Morgan fingerprint density at radius 1 is 1.48 bits per heavy atom. The van der Waals surface area contributed by atoms with Gasteiger partial charge in [-0.15, -0.1) is 0 Å². The van der Waals surface area contributed by atoms with Crippen LogP contribution >= 0.6 is 0 Å². The molecule has 2 aromatic heterocycles. The highest BCUT2D eigenvalue weighted by Gasteiger charge is 2.28. The van der Waals surface area contributed by atoms with Gasteiger partial charge in [-0.2, -0.15) is 5.10 Å². The molecule has 3 heterocycles. The minimum atomic E-state index is 0.0995. The van der Waals surface area contributed by atoms with Crippen LogP contribution in [0, 0.1) is 12.8 Å². The summed E-state index contributed by atoms with van der Waals surface area (Å²) in [6.07, 6.45) is 2.83. The summed E-state index contributed by atoms with van der Waals surface area (Å²) in [6, 6.07) is 2.11. The molecule has 0 spiro atoms. The molecule has 1 amide bonds. The van der Waals surface area contributed by atoms with E-state index in [0.717, 1.165) is 48.3 Å². The number of nitrogens with zero attached hydrogens (tertiary/aromatic N) is 4. The van der Waals surface area contributed by atoms with Crippen LogP contribution in [0.25, 0.3) is 11.0 Å². The summed E-state index contributed by atoms with van der Waals surface area (Å²) in [4.78, 5) is 19.5. The summed E-state index contributed by atoms with van der Waals surface area (Å²) in [5, 5.41) is 8.48. The quantitative estimate of drug-likeness (QED) is 0.937. The van der Waals surface area contributed by atoms with E-state index in [4.69, 9.17) is 0 Å². The van der Waals surface area contributed by atoms with Gasteiger partial charge in [-0.05, 0) is 52.8 Å². The van der Waals surface area contributed by atoms with Crippen molar-refractivity contribution in [3.05, 3.63) is 23.5 Å². The van der Waals surface area contributed by atoms with Crippen LogP contribution in [0.1, 0.15) is 42.4 Å². The van der Waals surface area contributed by atoms with Gasteiger partial charge < -0.3 is 10.2 Å². The Bertz CT molecular complexity index is 721. The number of likely N-dealkylation sites (tertiary alicyclic amines) is 1. The van der Waals surface area contributed by atoms with Gasteiger partial charge in [-0.3, -0.25) is 4.79 Å². The highest BCUT2D eigenvalue weighted by molar-refractivity contribution is 6.05. The summed E-state index contributed by atoms with van der Waals surface area (Å²) in [5.41, 5.74) is 2.38. The predicted octanol–water partition coefficient (Wildman–Crippen LogP) is 2.00. The van der Waals surface area contributed by atoms with Crippen molar-refractivity contribution < 1.29 is 4.79 Å². The molecule has 0 saturated carbocycles. The van der Waals surface area contributed by atoms with Gasteiger partial charge in [0, 0.05) is 24.8 Å². The first-order valence-corrected chi connectivity index (χ1v) is 8.30. The van der Waals surface area contributed by atoms with Gasteiger partial charge in [0.25, 0.3) is 5.91 Å². The maximum Gasteiger partial charge on any atom is 0.254 e. The second-order valence-electron chi connectivity index (χ2n) is 6.69. The normalized spacial score (nSPS) is 18.3. The predicted molar refractivity (Wildman–Crippen MR) is 90.6 cm³/mol. The number of pyridine rings is 1. The van der Waals surface area contributed by atoms with Crippen LogP contribution in [0.3, 0.4) is 0 Å². The van der Waals surface area contributed by atoms with Gasteiger partial charge in [0.15, 0.2) is 5.65 Å². The number of carbonyl (C=O) groups excluding carboxylic acids is 1. The third-order valence-electron chi connectivity index (χ3n) is 4.48. The molecular formula is C17H25N5O. The molecule has 1 fully saturated rings. The van der Waals surface area contributed by atoms with E-state index < -0.39 is 0 Å². The van der Waals surface area contributed by atoms with Crippen LogP contribution in [0.2, 0.25) is 0 Å². The number of hydrogen-bond acceptors (Lipinski definition) is 4. The largest absolute Gasteiger partial charge is 0.338 e. The highest BCUT2D eigenvalue weighted by Crippen LogP contribution is 2.24. The topological polar surface area (TPSA) is 63.1 Å². The smallest absolute Gasteiger partial charge is 0.254 e. The molecule has 0 aliphatic carbocycles. The first kappa shape index (κ1) is 15.9. The molecule has 124 valence electrons. The van der Waals surface area contributed by atoms with E-state index in [1.165, 1.54) is 0 Å². The minimum absolute atomic E-state index is 0.0995. The molecule has 23 heavy (non-hydrogen) atoms. The molecule has 3 rings (SSSR count). The fourth-order valence-corrected chi connectivity index (χ4v) is 3.34. The molecule has 1 atom stereocenters. The van der Waals surface area contributed by atoms with Crippen molar-refractivity contribution in [2.24, 2.45) is 5.92 Å². The maximum absolute atomic E-state index is 13.0. The summed E-state index contributed by atoms with van der Waals surface area (Å²) in [6.45, 7) is 8.68. The maximum atomic E-state index is 13.0. The number of carbonyl (C=O) groups is 1. The zero-order chi connectivity index (χ0) is 16.6. The Kier molecular flexibility index (Phi) is 4.35. The lowest BCUT2D eigenvalue weighted by atomic mass is 10.1. The molecule has 0 radical (unpaired) electrons. The van der Waals surface area contributed by atoms with Gasteiger partial charge in [0.05, 0.1) is 17.1 Å². The number of aryl methyl sites for hydroxylation is 1. The van der Waals surface area contributed by atoms with Crippen LogP contribution in [0.4, 0.5) is 0 Å². The molecule has 0 bridgehead atoms. The van der Waals surface area contributed by atoms with Crippen LogP contribution in [-0.2, 0) is 0 Å². The van der Waals surface area contributed by atoms with E-state index >= 15 is 0 Å². The first-order chi connectivity index (χ1) is 11.0. The van der Waals surface area contributed by atoms with E-state index in [2.05, 4.69) is 29.2 Å². The standard InChI is InChI=1S/C17H25N5O/c1-11(2)22-16-15(9-19-22)14(7-12(3)20-16)17(23)21-6-5-13(10-21)8-18-4/h7,9,11,13,18H,5-6,8,10H2,1-4H3. The molecule has 1 unspecified atom stereocenters. The third kappa shape index (κ3) is 2.95. The molecule has 6 nitrogen and oxygen atoms in total. The first-order valence-electron chi connectivity index (χ1n) is 8.30. The zero-order valence-electron chi connectivity index (χ0n) is 14.3. The lowest BCUT2D eigenvalue weighted by Gasteiger charge is -2.17. The van der Waals surface area contributed by atoms with E-state index in [0.29, 0.717) is 5.92 Å². The van der Waals surface area contributed by atoms with E-state index in [1.54, 1.807) is 6.20 Å². The SMILES string of the molecule is CNCC1CCN(C(=O)c2cc(C)nc3c2cnn3C(C)C)C1. The number of nitrogens with one attached hydrogen (secondary N) is 1. The number of fused-ring (bicyclic) bond motifs is 1. The molecule has 0 aromatic carbocycles. The van der Waals surface area contributed by atoms with E-state index in [1.807, 2.05) is 29.6 Å². The lowest BCUT2D eigenvalue weighted by molar-refractivity contribution is 0.0789. The minimum Gasteiger partial charge on any atom is -0.338 e. The number of amides is 1. The number of hydrogen-bond donors (Lipinski definition) is 1. The van der Waals surface area contributed by atoms with Gasteiger partial charge in [-0.1, -0.05) is 0 Å². The van der Waals surface area contributed by atoms with Crippen molar-refractivity contribution in [2.45, 2.75) is 33.2 Å². The number of aromatic nitrogens is 3. The second kappa shape index (κ2) is 6.28. The number of rotatable bonds is 4. The Hall–Kier alpha value is -1.95. The van der Waals surface area contributed by atoms with Crippen molar-refractivity contribution >= 4 is 16.9 Å². The van der Waals surface area contributed by atoms with E-state index in [9.17, 15) is 4.79 Å². The monoisotopic (exact) mass is 315 g/mol. The van der Waals surface area contributed by atoms with Crippen molar-refractivity contribution in [1.29, 1.82) is 0 Å². The Morgan fingerprint density at radius 3 is 2.96 bits per heavy atom. The molecule has 1 saturated heterocycles. The summed E-state index contributed by atoms with van der Waals surface area (Å²) in [5.74, 6) is 0.642. The van der Waals surface area contributed by atoms with E-state index in [-0.39, 0.29) is 11.9 Å². The van der Waals surface area contributed by atoms with Gasteiger partial charge in [0.1, 0.15) is 0 Å². The van der Waals surface area contributed by atoms with Crippen LogP contribution in [0.15, 0.2) is 12.3 Å².